The van der Waals surface area contributed by atoms with E-state index in [-0.39, 0.29) is 18.2 Å². The topological polar surface area (TPSA) is 105 Å². The Kier molecular flexibility index (Phi) is 8.11. The lowest BCUT2D eigenvalue weighted by Crippen LogP contribution is -2.38. The number of nitrogen functional groups attached to an aromatic ring is 1. The molecular weight excluding hydrogens is 462 g/mol. The Morgan fingerprint density at radius 3 is 2.03 bits per heavy atom. The zero-order valence-corrected chi connectivity index (χ0v) is 20.6. The third-order valence-electron chi connectivity index (χ3n) is 6.30. The molecule has 4 aromatic rings. The second-order valence-electron chi connectivity index (χ2n) is 8.75. The van der Waals surface area contributed by atoms with Gasteiger partial charge in [0.25, 0.3) is 5.91 Å². The number of amides is 1. The molecule has 2 atom stereocenters. The van der Waals surface area contributed by atoms with Crippen molar-refractivity contribution in [2.24, 2.45) is 11.7 Å². The number of benzene rings is 4. The van der Waals surface area contributed by atoms with E-state index in [2.05, 4.69) is 5.32 Å². The number of nitrogens with one attached hydrogen (secondary N) is 2. The van der Waals surface area contributed by atoms with Crippen LogP contribution in [0, 0.1) is 11.3 Å². The predicted octanol–water partition coefficient (Wildman–Crippen LogP) is 5.14. The van der Waals surface area contributed by atoms with E-state index in [0.717, 1.165) is 22.3 Å². The van der Waals surface area contributed by atoms with E-state index in [1.807, 2.05) is 66.7 Å². The monoisotopic (exact) mass is 491 g/mol. The molecule has 0 aliphatic carbocycles. The number of methoxy groups -OCH3 is 1. The Bertz CT molecular complexity index is 1370. The van der Waals surface area contributed by atoms with E-state index < -0.39 is 17.9 Å². The molecule has 0 aliphatic heterocycles. The van der Waals surface area contributed by atoms with Crippen LogP contribution in [0.4, 0.5) is 0 Å². The van der Waals surface area contributed by atoms with Crippen molar-refractivity contribution in [2.75, 3.05) is 7.11 Å². The average Bonchev–Trinajstić information content (AvgIpc) is 2.95. The molecule has 2 unspecified atom stereocenters. The third-order valence-corrected chi connectivity index (χ3v) is 6.30. The minimum atomic E-state index is -0.720. The first-order valence-corrected chi connectivity index (χ1v) is 12.0. The van der Waals surface area contributed by atoms with Crippen LogP contribution in [0.2, 0.25) is 0 Å². The summed E-state index contributed by atoms with van der Waals surface area (Å²) in [6.45, 7) is 0. The van der Waals surface area contributed by atoms with E-state index in [4.69, 9.17) is 15.9 Å². The molecule has 4 rings (SSSR count). The van der Waals surface area contributed by atoms with Gasteiger partial charge >= 0.3 is 5.97 Å². The molecule has 37 heavy (non-hydrogen) atoms. The molecule has 0 saturated carbocycles. The number of amidine groups is 1. The van der Waals surface area contributed by atoms with Crippen LogP contribution in [0.5, 0.6) is 0 Å². The molecule has 6 heteroatoms. The maximum absolute atomic E-state index is 13.2. The van der Waals surface area contributed by atoms with E-state index in [1.165, 1.54) is 7.11 Å². The van der Waals surface area contributed by atoms with Gasteiger partial charge in [0.2, 0.25) is 0 Å². The van der Waals surface area contributed by atoms with Gasteiger partial charge in [-0.3, -0.25) is 15.0 Å². The number of nitrogens with two attached hydrogens (primary N) is 1. The molecule has 0 aromatic heterocycles. The number of carbonyl (C=O) groups excluding carboxylic acids is 2. The van der Waals surface area contributed by atoms with E-state index >= 15 is 0 Å². The van der Waals surface area contributed by atoms with Crippen molar-refractivity contribution in [3.63, 3.8) is 0 Å². The number of hydrogen-bond donors (Lipinski definition) is 3. The summed E-state index contributed by atoms with van der Waals surface area (Å²) >= 11 is 0. The van der Waals surface area contributed by atoms with Crippen molar-refractivity contribution in [1.82, 2.24) is 5.32 Å². The summed E-state index contributed by atoms with van der Waals surface area (Å²) in [7, 11) is 1.34. The number of ether oxygens (including phenoxy) is 1. The zero-order valence-electron chi connectivity index (χ0n) is 20.6. The molecule has 0 saturated heterocycles. The Hall–Kier alpha value is -4.71. The largest absolute Gasteiger partial charge is 0.469 e. The molecule has 0 bridgehead atoms. The van der Waals surface area contributed by atoms with Crippen molar-refractivity contribution in [3.05, 3.63) is 131 Å². The Morgan fingerprint density at radius 2 is 1.41 bits per heavy atom. The first kappa shape index (κ1) is 25.4. The molecule has 0 spiro atoms. The minimum absolute atomic E-state index is 0.0538. The Balaban J connectivity index is 1.72. The van der Waals surface area contributed by atoms with Gasteiger partial charge in [0.15, 0.2) is 0 Å². The minimum Gasteiger partial charge on any atom is -0.469 e. The zero-order chi connectivity index (χ0) is 26.2. The molecule has 6 nitrogen and oxygen atoms in total. The summed E-state index contributed by atoms with van der Waals surface area (Å²) in [4.78, 5) is 26.3. The van der Waals surface area contributed by atoms with Gasteiger partial charge in [-0.1, -0.05) is 91.0 Å². The van der Waals surface area contributed by atoms with Crippen molar-refractivity contribution < 1.29 is 14.3 Å². The standard InChI is InChI=1S/C31H29N3O3/c1-37-31(36)27(20-21-9-8-14-26(19-21)29(32)33)28(34-30(35)25-12-6-3-7-13-25)24-17-15-23(16-18-24)22-10-4-2-5-11-22/h2-19,27-28H,20H2,1H3,(H3,32,33)(H,34,35). The fourth-order valence-corrected chi connectivity index (χ4v) is 4.35. The summed E-state index contributed by atoms with van der Waals surface area (Å²) in [5.41, 5.74) is 10.4. The van der Waals surface area contributed by atoms with Gasteiger partial charge in [0, 0.05) is 11.1 Å². The first-order valence-electron chi connectivity index (χ1n) is 12.0. The van der Waals surface area contributed by atoms with Gasteiger partial charge in [-0.2, -0.15) is 0 Å². The van der Waals surface area contributed by atoms with Crippen LogP contribution in [0.25, 0.3) is 11.1 Å². The van der Waals surface area contributed by atoms with Crippen molar-refractivity contribution >= 4 is 17.7 Å². The molecular formula is C31H29N3O3. The number of hydrogen-bond acceptors (Lipinski definition) is 4. The number of esters is 1. The van der Waals surface area contributed by atoms with Crippen LogP contribution in [0.3, 0.4) is 0 Å². The highest BCUT2D eigenvalue weighted by atomic mass is 16.5. The van der Waals surface area contributed by atoms with Crippen molar-refractivity contribution in [2.45, 2.75) is 12.5 Å². The van der Waals surface area contributed by atoms with Gasteiger partial charge in [-0.25, -0.2) is 0 Å². The highest BCUT2D eigenvalue weighted by molar-refractivity contribution is 5.95. The summed E-state index contributed by atoms with van der Waals surface area (Å²) < 4.78 is 5.19. The van der Waals surface area contributed by atoms with Gasteiger partial charge in [0.05, 0.1) is 19.1 Å². The fraction of sp³-hybridized carbons (Fsp3) is 0.129. The van der Waals surface area contributed by atoms with Crippen LogP contribution < -0.4 is 11.1 Å². The average molecular weight is 492 g/mol. The van der Waals surface area contributed by atoms with Crippen molar-refractivity contribution in [3.8, 4) is 11.1 Å². The van der Waals surface area contributed by atoms with Crippen LogP contribution in [0.1, 0.15) is 33.1 Å². The maximum atomic E-state index is 13.2. The molecule has 4 N–H and O–H groups in total. The van der Waals surface area contributed by atoms with Gasteiger partial charge in [-0.15, -0.1) is 0 Å². The Morgan fingerprint density at radius 1 is 0.811 bits per heavy atom. The SMILES string of the molecule is COC(=O)C(Cc1cccc(C(=N)N)c1)C(NC(=O)c1ccccc1)c1ccc(-c2ccccc2)cc1. The van der Waals surface area contributed by atoms with Gasteiger partial charge in [0.1, 0.15) is 5.84 Å². The summed E-state index contributed by atoms with van der Waals surface area (Å²) in [6, 6.07) is 33.3. The van der Waals surface area contributed by atoms with E-state index in [1.54, 1.807) is 42.5 Å². The third kappa shape index (κ3) is 6.30. The maximum Gasteiger partial charge on any atom is 0.311 e. The number of carbonyl (C=O) groups is 2. The smallest absolute Gasteiger partial charge is 0.311 e. The molecule has 4 aromatic carbocycles. The second kappa shape index (κ2) is 11.8. The van der Waals surface area contributed by atoms with Gasteiger partial charge < -0.3 is 15.8 Å². The van der Waals surface area contributed by atoms with Gasteiger partial charge in [-0.05, 0) is 46.9 Å². The lowest BCUT2D eigenvalue weighted by atomic mass is 9.86. The van der Waals surface area contributed by atoms with Crippen molar-refractivity contribution in [1.29, 1.82) is 5.41 Å². The number of rotatable bonds is 9. The quantitative estimate of drug-likeness (QED) is 0.171. The lowest BCUT2D eigenvalue weighted by Gasteiger charge is -2.27. The van der Waals surface area contributed by atoms with E-state index in [0.29, 0.717) is 11.1 Å². The molecule has 1 amide bonds. The molecule has 0 heterocycles. The van der Waals surface area contributed by atoms with Crippen LogP contribution in [0.15, 0.2) is 109 Å². The molecule has 0 aliphatic rings. The van der Waals surface area contributed by atoms with Crippen LogP contribution >= 0.6 is 0 Å². The molecule has 186 valence electrons. The second-order valence-corrected chi connectivity index (χ2v) is 8.75. The summed E-state index contributed by atoms with van der Waals surface area (Å²) in [5.74, 6) is -1.51. The van der Waals surface area contributed by atoms with Crippen LogP contribution in [-0.4, -0.2) is 24.8 Å². The molecule has 0 fully saturated rings. The Labute approximate surface area is 216 Å². The summed E-state index contributed by atoms with van der Waals surface area (Å²) in [5, 5.41) is 10.8. The predicted molar refractivity (Wildman–Crippen MR) is 145 cm³/mol. The lowest BCUT2D eigenvalue weighted by molar-refractivity contribution is -0.146. The van der Waals surface area contributed by atoms with E-state index in [9.17, 15) is 9.59 Å². The fourth-order valence-electron chi connectivity index (χ4n) is 4.35. The highest BCUT2D eigenvalue weighted by Crippen LogP contribution is 2.30. The normalized spacial score (nSPS) is 12.2. The molecule has 0 radical (unpaired) electrons. The van der Waals surface area contributed by atoms with Crippen LogP contribution in [-0.2, 0) is 16.0 Å². The highest BCUT2D eigenvalue weighted by Gasteiger charge is 2.32. The summed E-state index contributed by atoms with van der Waals surface area (Å²) in [6.07, 6.45) is 0.286. The first-order chi connectivity index (χ1) is 18.0.